The molecule has 0 atom stereocenters. The Kier molecular flexibility index (Phi) is 7.92. The van der Waals surface area contributed by atoms with E-state index in [4.69, 9.17) is 9.15 Å². The van der Waals surface area contributed by atoms with E-state index < -0.39 is 5.97 Å². The van der Waals surface area contributed by atoms with Crippen molar-refractivity contribution in [2.75, 3.05) is 19.7 Å². The van der Waals surface area contributed by atoms with Crippen LogP contribution < -0.4 is 10.6 Å². The first kappa shape index (κ1) is 19.2. The van der Waals surface area contributed by atoms with Gasteiger partial charge in [0.25, 0.3) is 11.8 Å². The average Bonchev–Trinajstić information content (AvgIpc) is 3.19. The Bertz CT molecular complexity index is 698. The number of amides is 2. The first-order chi connectivity index (χ1) is 12.6. The Morgan fingerprint density at radius 2 is 1.77 bits per heavy atom. The molecule has 7 heteroatoms. The summed E-state index contributed by atoms with van der Waals surface area (Å²) in [7, 11) is 0. The molecule has 26 heavy (non-hydrogen) atoms. The molecule has 1 aromatic heterocycles. The summed E-state index contributed by atoms with van der Waals surface area (Å²) in [6.07, 6.45) is 2.67. The van der Waals surface area contributed by atoms with Gasteiger partial charge in [-0.3, -0.25) is 14.4 Å². The Balaban J connectivity index is 1.50. The lowest BCUT2D eigenvalue weighted by atomic mass is 10.1. The fourth-order valence-corrected chi connectivity index (χ4v) is 2.19. The van der Waals surface area contributed by atoms with E-state index in [1.807, 2.05) is 30.3 Å². The maximum atomic E-state index is 11.6. The molecule has 0 saturated heterocycles. The van der Waals surface area contributed by atoms with Gasteiger partial charge in [0.2, 0.25) is 0 Å². The van der Waals surface area contributed by atoms with Gasteiger partial charge in [-0.1, -0.05) is 30.3 Å². The lowest BCUT2D eigenvalue weighted by molar-refractivity contribution is -0.148. The summed E-state index contributed by atoms with van der Waals surface area (Å²) in [5.41, 5.74) is 1.13. The van der Waals surface area contributed by atoms with Gasteiger partial charge in [-0.15, -0.1) is 0 Å². The first-order valence-corrected chi connectivity index (χ1v) is 8.43. The van der Waals surface area contributed by atoms with E-state index in [9.17, 15) is 14.4 Å². The van der Waals surface area contributed by atoms with Gasteiger partial charge in [-0.25, -0.2) is 0 Å². The number of furan rings is 1. The van der Waals surface area contributed by atoms with Crippen LogP contribution in [-0.4, -0.2) is 37.5 Å². The molecule has 0 unspecified atom stereocenters. The van der Waals surface area contributed by atoms with Gasteiger partial charge in [-0.2, -0.15) is 0 Å². The standard InChI is InChI=1S/C19H22N2O5/c22-17(20-12-10-15-6-2-1-3-7-15)14-26-18(23)9-4-11-21-19(24)16-8-5-13-25-16/h1-3,5-8,13H,4,9-12,14H2,(H,20,22)(H,21,24). The highest BCUT2D eigenvalue weighted by Crippen LogP contribution is 2.00. The molecule has 0 saturated carbocycles. The number of carbonyl (C=O) groups is 3. The molecule has 2 aromatic rings. The Labute approximate surface area is 151 Å². The number of hydrogen-bond acceptors (Lipinski definition) is 5. The van der Waals surface area contributed by atoms with Crippen molar-refractivity contribution in [3.63, 3.8) is 0 Å². The molecule has 2 amide bonds. The predicted molar refractivity (Wildman–Crippen MR) is 94.4 cm³/mol. The van der Waals surface area contributed by atoms with Crippen LogP contribution in [0.5, 0.6) is 0 Å². The van der Waals surface area contributed by atoms with E-state index in [0.29, 0.717) is 19.5 Å². The number of carbonyl (C=O) groups excluding carboxylic acids is 3. The second kappa shape index (κ2) is 10.7. The van der Waals surface area contributed by atoms with Crippen LogP contribution in [0.2, 0.25) is 0 Å². The van der Waals surface area contributed by atoms with Crippen molar-refractivity contribution >= 4 is 17.8 Å². The molecule has 0 aliphatic rings. The van der Waals surface area contributed by atoms with Crippen LogP contribution in [0.1, 0.15) is 29.0 Å². The Hall–Kier alpha value is -3.09. The highest BCUT2D eigenvalue weighted by Gasteiger charge is 2.09. The zero-order valence-electron chi connectivity index (χ0n) is 14.4. The summed E-state index contributed by atoms with van der Waals surface area (Å²) in [5.74, 6) is -0.920. The predicted octanol–water partition coefficient (Wildman–Crippen LogP) is 1.69. The summed E-state index contributed by atoms with van der Waals surface area (Å²) in [6, 6.07) is 13.0. The van der Waals surface area contributed by atoms with E-state index in [1.165, 1.54) is 6.26 Å². The maximum Gasteiger partial charge on any atom is 0.306 e. The third-order valence-corrected chi connectivity index (χ3v) is 3.53. The molecule has 0 aliphatic heterocycles. The molecule has 138 valence electrons. The molecule has 0 fully saturated rings. The molecule has 0 radical (unpaired) electrons. The van der Waals surface area contributed by atoms with Crippen LogP contribution in [-0.2, 0) is 20.7 Å². The highest BCUT2D eigenvalue weighted by molar-refractivity contribution is 5.91. The van der Waals surface area contributed by atoms with Crippen molar-refractivity contribution in [2.45, 2.75) is 19.3 Å². The van der Waals surface area contributed by atoms with Gasteiger partial charge in [0.15, 0.2) is 12.4 Å². The quantitative estimate of drug-likeness (QED) is 0.498. The van der Waals surface area contributed by atoms with Gasteiger partial charge in [0.05, 0.1) is 6.26 Å². The lowest BCUT2D eigenvalue weighted by Gasteiger charge is -2.07. The zero-order chi connectivity index (χ0) is 18.6. The van der Waals surface area contributed by atoms with Crippen LogP contribution in [0.15, 0.2) is 53.1 Å². The third-order valence-electron chi connectivity index (χ3n) is 3.53. The van der Waals surface area contributed by atoms with Crippen LogP contribution >= 0.6 is 0 Å². The first-order valence-electron chi connectivity index (χ1n) is 8.43. The summed E-state index contributed by atoms with van der Waals surface area (Å²) in [6.45, 7) is 0.503. The number of hydrogen-bond donors (Lipinski definition) is 2. The monoisotopic (exact) mass is 358 g/mol. The van der Waals surface area contributed by atoms with E-state index in [1.54, 1.807) is 12.1 Å². The van der Waals surface area contributed by atoms with Crippen molar-refractivity contribution in [2.24, 2.45) is 0 Å². The molecule has 1 aromatic carbocycles. The molecule has 2 rings (SSSR count). The summed E-state index contributed by atoms with van der Waals surface area (Å²) in [4.78, 5) is 34.8. The van der Waals surface area contributed by atoms with Gasteiger partial charge in [0.1, 0.15) is 0 Å². The third kappa shape index (κ3) is 7.21. The number of nitrogens with one attached hydrogen (secondary N) is 2. The van der Waals surface area contributed by atoms with Gasteiger partial charge in [0, 0.05) is 19.5 Å². The van der Waals surface area contributed by atoms with Crippen molar-refractivity contribution < 1.29 is 23.5 Å². The molecular weight excluding hydrogens is 336 g/mol. The van der Waals surface area contributed by atoms with Gasteiger partial charge < -0.3 is 19.8 Å². The van der Waals surface area contributed by atoms with Crippen LogP contribution in [0.3, 0.4) is 0 Å². The molecule has 7 nitrogen and oxygen atoms in total. The fourth-order valence-electron chi connectivity index (χ4n) is 2.19. The number of rotatable bonds is 10. The lowest BCUT2D eigenvalue weighted by Crippen LogP contribution is -2.30. The van der Waals surface area contributed by atoms with E-state index in [-0.39, 0.29) is 30.6 Å². The van der Waals surface area contributed by atoms with Gasteiger partial charge >= 0.3 is 5.97 Å². The van der Waals surface area contributed by atoms with Crippen molar-refractivity contribution in [3.8, 4) is 0 Å². The number of ether oxygens (including phenoxy) is 1. The second-order valence-corrected chi connectivity index (χ2v) is 5.58. The largest absolute Gasteiger partial charge is 0.459 e. The van der Waals surface area contributed by atoms with E-state index in [2.05, 4.69) is 10.6 Å². The molecule has 0 bridgehead atoms. The van der Waals surface area contributed by atoms with Crippen LogP contribution in [0.25, 0.3) is 0 Å². The number of benzene rings is 1. The minimum Gasteiger partial charge on any atom is -0.459 e. The van der Waals surface area contributed by atoms with Crippen molar-refractivity contribution in [1.29, 1.82) is 0 Å². The average molecular weight is 358 g/mol. The smallest absolute Gasteiger partial charge is 0.306 e. The minimum absolute atomic E-state index is 0.121. The fraction of sp³-hybridized carbons (Fsp3) is 0.316. The van der Waals surface area contributed by atoms with Crippen molar-refractivity contribution in [3.05, 3.63) is 60.1 Å². The second-order valence-electron chi connectivity index (χ2n) is 5.58. The highest BCUT2D eigenvalue weighted by atomic mass is 16.5. The molecule has 0 aliphatic carbocycles. The van der Waals surface area contributed by atoms with Crippen LogP contribution in [0.4, 0.5) is 0 Å². The topological polar surface area (TPSA) is 97.6 Å². The van der Waals surface area contributed by atoms with Crippen molar-refractivity contribution in [1.82, 2.24) is 10.6 Å². The Morgan fingerprint density at radius 1 is 0.962 bits per heavy atom. The zero-order valence-corrected chi connectivity index (χ0v) is 14.4. The summed E-state index contributed by atoms with van der Waals surface area (Å²) in [5, 5.41) is 5.33. The van der Waals surface area contributed by atoms with E-state index >= 15 is 0 Å². The summed E-state index contributed by atoms with van der Waals surface area (Å²) < 4.78 is 9.85. The number of esters is 1. The molecule has 1 heterocycles. The van der Waals surface area contributed by atoms with E-state index in [0.717, 1.165) is 12.0 Å². The van der Waals surface area contributed by atoms with Crippen LogP contribution in [0, 0.1) is 0 Å². The maximum absolute atomic E-state index is 11.6. The molecular formula is C19H22N2O5. The van der Waals surface area contributed by atoms with Gasteiger partial charge in [-0.05, 0) is 30.5 Å². The molecule has 0 spiro atoms. The summed E-state index contributed by atoms with van der Waals surface area (Å²) >= 11 is 0. The molecule has 2 N–H and O–H groups in total. The Morgan fingerprint density at radius 3 is 2.50 bits per heavy atom. The minimum atomic E-state index is -0.476. The normalized spacial score (nSPS) is 10.2. The SMILES string of the molecule is O=C(COC(=O)CCCNC(=O)c1ccco1)NCCc1ccccc1.